The summed E-state index contributed by atoms with van der Waals surface area (Å²) in [5, 5.41) is 0. The molecule has 0 aliphatic heterocycles. The second-order valence-electron chi connectivity index (χ2n) is 6.19. The van der Waals surface area contributed by atoms with Gasteiger partial charge in [0.15, 0.2) is 0 Å². The van der Waals surface area contributed by atoms with Crippen LogP contribution in [0.2, 0.25) is 0 Å². The maximum Gasteiger partial charge on any atom is -0.0303 e. The van der Waals surface area contributed by atoms with Gasteiger partial charge in [-0.15, -0.1) is 0 Å². The molecule has 0 heterocycles. The highest BCUT2D eigenvalue weighted by Gasteiger charge is 2.44. The van der Waals surface area contributed by atoms with Crippen molar-refractivity contribution in [1.82, 2.24) is 0 Å². The van der Waals surface area contributed by atoms with Crippen LogP contribution in [0.3, 0.4) is 0 Å². The lowest BCUT2D eigenvalue weighted by molar-refractivity contribution is 0.104. The highest BCUT2D eigenvalue weighted by molar-refractivity contribution is 4.94. The Hall–Kier alpha value is 0. The minimum atomic E-state index is 0.577. The number of fused-ring (bicyclic) bond motifs is 1. The van der Waals surface area contributed by atoms with Gasteiger partial charge in [-0.05, 0) is 54.8 Å². The zero-order valence-corrected chi connectivity index (χ0v) is 9.64. The smallest absolute Gasteiger partial charge is 0.0303 e. The van der Waals surface area contributed by atoms with Gasteiger partial charge in [0.1, 0.15) is 0 Å². The number of rotatable bonds is 0. The molecule has 0 nitrogen and oxygen atoms in total. The van der Waals surface area contributed by atoms with E-state index in [1.807, 2.05) is 0 Å². The van der Waals surface area contributed by atoms with Crippen molar-refractivity contribution in [3.63, 3.8) is 0 Å². The highest BCUT2D eigenvalue weighted by Crippen LogP contribution is 2.53. The van der Waals surface area contributed by atoms with Crippen LogP contribution in [0.1, 0.15) is 53.4 Å². The van der Waals surface area contributed by atoms with E-state index in [0.717, 1.165) is 23.7 Å². The minimum Gasteiger partial charge on any atom is -0.0620 e. The first-order valence-electron chi connectivity index (χ1n) is 6.01. The fourth-order valence-electron chi connectivity index (χ4n) is 3.03. The van der Waals surface area contributed by atoms with Crippen LogP contribution in [0, 0.1) is 29.1 Å². The van der Waals surface area contributed by atoms with E-state index in [4.69, 9.17) is 0 Å². The van der Waals surface area contributed by atoms with E-state index in [1.165, 1.54) is 19.3 Å². The fourth-order valence-corrected chi connectivity index (χ4v) is 3.03. The minimum absolute atomic E-state index is 0.577. The van der Waals surface area contributed by atoms with Crippen molar-refractivity contribution in [2.45, 2.75) is 53.4 Å². The van der Waals surface area contributed by atoms with Gasteiger partial charge in [-0.3, -0.25) is 0 Å². The van der Waals surface area contributed by atoms with Gasteiger partial charge in [-0.25, -0.2) is 0 Å². The van der Waals surface area contributed by atoms with Crippen molar-refractivity contribution in [2.75, 3.05) is 0 Å². The van der Waals surface area contributed by atoms with Gasteiger partial charge >= 0.3 is 0 Å². The molecule has 0 bridgehead atoms. The molecule has 0 heteroatoms. The lowest BCUT2D eigenvalue weighted by Crippen LogP contribution is -2.31. The first-order valence-corrected chi connectivity index (χ1v) is 6.01. The zero-order valence-electron chi connectivity index (χ0n) is 9.64. The zero-order chi connectivity index (χ0) is 9.64. The van der Waals surface area contributed by atoms with Gasteiger partial charge in [0.05, 0.1) is 0 Å². The summed E-state index contributed by atoms with van der Waals surface area (Å²) >= 11 is 0. The third-order valence-corrected chi connectivity index (χ3v) is 5.24. The molecule has 13 heavy (non-hydrogen) atoms. The molecule has 0 radical (unpaired) electrons. The van der Waals surface area contributed by atoms with E-state index in [9.17, 15) is 0 Å². The van der Waals surface area contributed by atoms with Gasteiger partial charge in [-0.2, -0.15) is 0 Å². The summed E-state index contributed by atoms with van der Waals surface area (Å²) in [4.78, 5) is 0. The SMILES string of the molecule is CC1CCC2CC2CC(C)C1(C)C. The van der Waals surface area contributed by atoms with Crippen LogP contribution in [0.15, 0.2) is 0 Å². The summed E-state index contributed by atoms with van der Waals surface area (Å²) in [7, 11) is 0. The molecule has 76 valence electrons. The largest absolute Gasteiger partial charge is 0.0620 e. The molecule has 0 saturated heterocycles. The second-order valence-corrected chi connectivity index (χ2v) is 6.19. The van der Waals surface area contributed by atoms with E-state index in [-0.39, 0.29) is 0 Å². The standard InChI is InChI=1S/C13H24/c1-9-5-6-11-8-12(11)7-10(2)13(9,3)4/h9-12H,5-8H2,1-4H3. The van der Waals surface area contributed by atoms with Crippen molar-refractivity contribution in [2.24, 2.45) is 29.1 Å². The summed E-state index contributed by atoms with van der Waals surface area (Å²) in [6.45, 7) is 9.88. The Morgan fingerprint density at radius 3 is 2.23 bits per heavy atom. The maximum atomic E-state index is 2.48. The predicted octanol–water partition coefficient (Wildman–Crippen LogP) is 4.10. The third kappa shape index (κ3) is 1.65. The molecule has 0 spiro atoms. The van der Waals surface area contributed by atoms with Crippen LogP contribution < -0.4 is 0 Å². The summed E-state index contributed by atoms with van der Waals surface area (Å²) in [6.07, 6.45) is 6.04. The molecule has 0 aromatic heterocycles. The molecule has 0 aromatic rings. The Morgan fingerprint density at radius 1 is 0.846 bits per heavy atom. The third-order valence-electron chi connectivity index (χ3n) is 5.24. The van der Waals surface area contributed by atoms with Gasteiger partial charge < -0.3 is 0 Å². The number of hydrogen-bond donors (Lipinski definition) is 0. The van der Waals surface area contributed by atoms with Crippen molar-refractivity contribution >= 4 is 0 Å². The Kier molecular flexibility index (Phi) is 2.20. The fraction of sp³-hybridized carbons (Fsp3) is 1.00. The highest BCUT2D eigenvalue weighted by atomic mass is 14.5. The van der Waals surface area contributed by atoms with Gasteiger partial charge in [0.25, 0.3) is 0 Å². The molecule has 2 fully saturated rings. The molecule has 2 rings (SSSR count). The Morgan fingerprint density at radius 2 is 1.54 bits per heavy atom. The van der Waals surface area contributed by atoms with E-state index >= 15 is 0 Å². The predicted molar refractivity (Wildman–Crippen MR) is 57.6 cm³/mol. The molecule has 2 saturated carbocycles. The Balaban J connectivity index is 2.08. The number of hydrogen-bond acceptors (Lipinski definition) is 0. The molecule has 0 N–H and O–H groups in total. The normalized spacial score (nSPS) is 48.9. The first kappa shape index (κ1) is 9.55. The first-order chi connectivity index (χ1) is 6.01. The average molecular weight is 180 g/mol. The Labute approximate surface area is 83.1 Å². The molecular formula is C13H24. The summed E-state index contributed by atoms with van der Waals surface area (Å²) < 4.78 is 0. The Bertz CT molecular complexity index is 192. The summed E-state index contributed by atoms with van der Waals surface area (Å²) in [5.41, 5.74) is 0.577. The van der Waals surface area contributed by atoms with Crippen molar-refractivity contribution in [1.29, 1.82) is 0 Å². The molecule has 4 atom stereocenters. The summed E-state index contributed by atoms with van der Waals surface area (Å²) in [6, 6.07) is 0. The van der Waals surface area contributed by atoms with Crippen LogP contribution in [-0.4, -0.2) is 0 Å². The van der Waals surface area contributed by atoms with E-state index in [2.05, 4.69) is 27.7 Å². The average Bonchev–Trinajstić information content (AvgIpc) is 2.77. The molecule has 0 aromatic carbocycles. The van der Waals surface area contributed by atoms with Gasteiger partial charge in [-0.1, -0.05) is 27.7 Å². The molecule has 4 unspecified atom stereocenters. The lowest BCUT2D eigenvalue weighted by Gasteiger charge is -2.39. The van der Waals surface area contributed by atoms with Crippen LogP contribution in [-0.2, 0) is 0 Å². The van der Waals surface area contributed by atoms with Gasteiger partial charge in [0, 0.05) is 0 Å². The van der Waals surface area contributed by atoms with Gasteiger partial charge in [0.2, 0.25) is 0 Å². The van der Waals surface area contributed by atoms with Crippen LogP contribution in [0.5, 0.6) is 0 Å². The van der Waals surface area contributed by atoms with E-state index in [1.54, 1.807) is 6.42 Å². The topological polar surface area (TPSA) is 0 Å². The van der Waals surface area contributed by atoms with Crippen molar-refractivity contribution < 1.29 is 0 Å². The molecular weight excluding hydrogens is 156 g/mol. The van der Waals surface area contributed by atoms with Crippen LogP contribution >= 0.6 is 0 Å². The lowest BCUT2D eigenvalue weighted by atomic mass is 9.66. The maximum absolute atomic E-state index is 2.48. The quantitative estimate of drug-likeness (QED) is 0.526. The monoisotopic (exact) mass is 180 g/mol. The van der Waals surface area contributed by atoms with Crippen molar-refractivity contribution in [3.05, 3.63) is 0 Å². The van der Waals surface area contributed by atoms with E-state index < -0.39 is 0 Å². The molecule has 2 aliphatic carbocycles. The van der Waals surface area contributed by atoms with Crippen molar-refractivity contribution in [3.8, 4) is 0 Å². The summed E-state index contributed by atoms with van der Waals surface area (Å²) in [5.74, 6) is 4.09. The van der Waals surface area contributed by atoms with Crippen LogP contribution in [0.4, 0.5) is 0 Å². The second kappa shape index (κ2) is 3.00. The molecule has 0 amide bonds. The molecule has 2 aliphatic rings. The van der Waals surface area contributed by atoms with E-state index in [0.29, 0.717) is 5.41 Å². The van der Waals surface area contributed by atoms with Crippen LogP contribution in [0.25, 0.3) is 0 Å².